The number of hydrazine groups is 1. The van der Waals surface area contributed by atoms with Crippen LogP contribution in [-0.4, -0.2) is 71.8 Å². The Morgan fingerprint density at radius 3 is 2.16 bits per heavy atom. The molecule has 2 aromatic rings. The molecule has 0 radical (unpaired) electrons. The van der Waals surface area contributed by atoms with Crippen molar-refractivity contribution < 1.29 is 14.4 Å². The molecule has 0 spiro atoms. The molecule has 0 saturated carbocycles. The van der Waals surface area contributed by atoms with Crippen molar-refractivity contribution in [2.75, 3.05) is 39.3 Å². The summed E-state index contributed by atoms with van der Waals surface area (Å²) in [6.07, 6.45) is 0.143. The monoisotopic (exact) mass is 444 g/mol. The molecular formula is C21H28N6O3S. The van der Waals surface area contributed by atoms with Gasteiger partial charge in [-0.15, -0.1) is 11.3 Å². The third-order valence-electron chi connectivity index (χ3n) is 4.85. The van der Waals surface area contributed by atoms with Crippen LogP contribution in [0.1, 0.15) is 16.3 Å². The first kappa shape index (κ1) is 22.9. The Bertz CT molecular complexity index is 880. The van der Waals surface area contributed by atoms with E-state index in [0.29, 0.717) is 44.3 Å². The lowest BCUT2D eigenvalue weighted by Crippen LogP contribution is -2.53. The lowest BCUT2D eigenvalue weighted by Gasteiger charge is -2.33. The van der Waals surface area contributed by atoms with E-state index in [0.717, 1.165) is 11.3 Å². The molecule has 1 aliphatic heterocycles. The van der Waals surface area contributed by atoms with Crippen LogP contribution in [0.2, 0.25) is 0 Å². The summed E-state index contributed by atoms with van der Waals surface area (Å²) in [5.74, 6) is -0.569. The topological polar surface area (TPSA) is 107 Å². The average Bonchev–Trinajstić information content (AvgIpc) is 3.17. The summed E-state index contributed by atoms with van der Waals surface area (Å²) in [4.78, 5) is 44.4. The summed E-state index contributed by atoms with van der Waals surface area (Å²) < 4.78 is 0. The van der Waals surface area contributed by atoms with Gasteiger partial charge in [0.25, 0.3) is 5.91 Å². The maximum absolute atomic E-state index is 12.2. The molecule has 0 aliphatic carbocycles. The van der Waals surface area contributed by atoms with E-state index in [2.05, 4.69) is 26.1 Å². The number of piperazine rings is 1. The summed E-state index contributed by atoms with van der Waals surface area (Å²) in [5.41, 5.74) is 6.83. The van der Waals surface area contributed by atoms with Gasteiger partial charge in [0, 0.05) is 43.8 Å². The molecule has 0 bridgehead atoms. The molecule has 166 valence electrons. The van der Waals surface area contributed by atoms with Crippen LogP contribution in [0.15, 0.2) is 35.7 Å². The maximum atomic E-state index is 12.2. The number of aromatic nitrogens is 1. The Balaban J connectivity index is 1.28. The predicted molar refractivity (Wildman–Crippen MR) is 118 cm³/mol. The van der Waals surface area contributed by atoms with Gasteiger partial charge in [0.2, 0.25) is 11.8 Å². The Morgan fingerprint density at radius 1 is 0.935 bits per heavy atom. The SMILES string of the molecule is Cc1csc(CC(=O)NNC(=O)CN2CCN(CC(=O)NCc3ccccc3)CC2)n1. The molecule has 3 amide bonds. The average molecular weight is 445 g/mol. The molecule has 1 aromatic carbocycles. The minimum Gasteiger partial charge on any atom is -0.351 e. The van der Waals surface area contributed by atoms with Crippen molar-refractivity contribution in [3.05, 3.63) is 52.0 Å². The largest absolute Gasteiger partial charge is 0.351 e. The Hall–Kier alpha value is -2.82. The van der Waals surface area contributed by atoms with Gasteiger partial charge in [0.1, 0.15) is 5.01 Å². The summed E-state index contributed by atoms with van der Waals surface area (Å²) in [7, 11) is 0. The molecule has 1 aromatic heterocycles. The van der Waals surface area contributed by atoms with E-state index >= 15 is 0 Å². The van der Waals surface area contributed by atoms with Gasteiger partial charge in [-0.25, -0.2) is 4.98 Å². The van der Waals surface area contributed by atoms with Crippen LogP contribution in [0, 0.1) is 6.92 Å². The zero-order valence-electron chi connectivity index (χ0n) is 17.6. The van der Waals surface area contributed by atoms with Gasteiger partial charge in [-0.2, -0.15) is 0 Å². The molecule has 1 aliphatic rings. The molecule has 0 atom stereocenters. The second-order valence-electron chi connectivity index (χ2n) is 7.47. The fourth-order valence-corrected chi connectivity index (χ4v) is 3.98. The molecule has 9 nitrogen and oxygen atoms in total. The maximum Gasteiger partial charge on any atom is 0.252 e. The third kappa shape index (κ3) is 8.08. The van der Waals surface area contributed by atoms with Crippen molar-refractivity contribution in [3.8, 4) is 0 Å². The van der Waals surface area contributed by atoms with Crippen molar-refractivity contribution in [1.82, 2.24) is 31.0 Å². The first-order valence-electron chi connectivity index (χ1n) is 10.2. The van der Waals surface area contributed by atoms with Gasteiger partial charge in [0.15, 0.2) is 0 Å². The lowest BCUT2D eigenvalue weighted by molar-refractivity contribution is -0.129. The molecule has 0 unspecified atom stereocenters. The van der Waals surface area contributed by atoms with E-state index in [4.69, 9.17) is 0 Å². The highest BCUT2D eigenvalue weighted by atomic mass is 32.1. The van der Waals surface area contributed by atoms with Crippen molar-refractivity contribution >= 4 is 29.1 Å². The highest BCUT2D eigenvalue weighted by Gasteiger charge is 2.20. The first-order chi connectivity index (χ1) is 15.0. The lowest BCUT2D eigenvalue weighted by atomic mass is 10.2. The summed E-state index contributed by atoms with van der Waals surface area (Å²) in [6.45, 7) is 5.73. The Morgan fingerprint density at radius 2 is 1.55 bits per heavy atom. The van der Waals surface area contributed by atoms with Crippen LogP contribution in [0.3, 0.4) is 0 Å². The van der Waals surface area contributed by atoms with Crippen LogP contribution >= 0.6 is 11.3 Å². The number of nitrogens with zero attached hydrogens (tertiary/aromatic N) is 3. The number of thiazole rings is 1. The van der Waals surface area contributed by atoms with Crippen molar-refractivity contribution in [3.63, 3.8) is 0 Å². The second-order valence-corrected chi connectivity index (χ2v) is 8.41. The van der Waals surface area contributed by atoms with E-state index < -0.39 is 0 Å². The molecule has 3 rings (SSSR count). The number of nitrogens with one attached hydrogen (secondary N) is 3. The zero-order chi connectivity index (χ0) is 22.1. The normalized spacial score (nSPS) is 14.7. The summed E-state index contributed by atoms with van der Waals surface area (Å²) >= 11 is 1.42. The summed E-state index contributed by atoms with van der Waals surface area (Å²) in [5, 5.41) is 5.53. The smallest absolute Gasteiger partial charge is 0.252 e. The number of hydrogen-bond donors (Lipinski definition) is 3. The number of carbonyl (C=O) groups is 3. The zero-order valence-corrected chi connectivity index (χ0v) is 18.4. The standard InChI is InChI=1S/C21H28N6O3S/c1-16-15-31-21(23-16)11-18(28)24-25-20(30)14-27-9-7-26(8-10-27)13-19(29)22-12-17-5-3-2-4-6-17/h2-6,15H,7-14H2,1H3,(H,22,29)(H,24,28)(H,25,30). The van der Waals surface area contributed by atoms with Crippen LogP contribution in [0.25, 0.3) is 0 Å². The number of benzene rings is 1. The molecule has 10 heteroatoms. The van der Waals surface area contributed by atoms with E-state index in [1.165, 1.54) is 11.3 Å². The van der Waals surface area contributed by atoms with Crippen molar-refractivity contribution in [2.24, 2.45) is 0 Å². The molecular weight excluding hydrogens is 416 g/mol. The quantitative estimate of drug-likeness (QED) is 0.498. The second kappa shape index (κ2) is 11.5. The number of rotatable bonds is 8. The van der Waals surface area contributed by atoms with Gasteiger partial charge >= 0.3 is 0 Å². The minimum absolute atomic E-state index is 0.00631. The van der Waals surface area contributed by atoms with Crippen LogP contribution in [-0.2, 0) is 27.3 Å². The van der Waals surface area contributed by atoms with E-state index in [9.17, 15) is 14.4 Å². The van der Waals surface area contributed by atoms with Crippen molar-refractivity contribution in [2.45, 2.75) is 19.9 Å². The Kier molecular flexibility index (Phi) is 8.51. The first-order valence-corrected chi connectivity index (χ1v) is 11.1. The molecule has 1 saturated heterocycles. The predicted octanol–water partition coefficient (Wildman–Crippen LogP) is 0.0754. The van der Waals surface area contributed by atoms with Gasteiger partial charge in [-0.3, -0.25) is 35.0 Å². The molecule has 1 fully saturated rings. The van der Waals surface area contributed by atoms with Gasteiger partial charge in [-0.1, -0.05) is 30.3 Å². The highest BCUT2D eigenvalue weighted by Crippen LogP contribution is 2.08. The van der Waals surface area contributed by atoms with E-state index in [-0.39, 0.29) is 30.7 Å². The molecule has 2 heterocycles. The van der Waals surface area contributed by atoms with E-state index in [1.54, 1.807) is 0 Å². The number of carbonyl (C=O) groups excluding carboxylic acids is 3. The fourth-order valence-electron chi connectivity index (χ4n) is 3.21. The van der Waals surface area contributed by atoms with Gasteiger partial charge < -0.3 is 5.32 Å². The van der Waals surface area contributed by atoms with Gasteiger partial charge in [-0.05, 0) is 12.5 Å². The minimum atomic E-state index is -0.297. The summed E-state index contributed by atoms with van der Waals surface area (Å²) in [6, 6.07) is 9.80. The van der Waals surface area contributed by atoms with Crippen LogP contribution in [0.5, 0.6) is 0 Å². The molecule has 31 heavy (non-hydrogen) atoms. The molecule has 3 N–H and O–H groups in total. The fraction of sp³-hybridized carbons (Fsp3) is 0.429. The van der Waals surface area contributed by atoms with Crippen LogP contribution < -0.4 is 16.2 Å². The van der Waals surface area contributed by atoms with Crippen LogP contribution in [0.4, 0.5) is 0 Å². The third-order valence-corrected chi connectivity index (χ3v) is 5.82. The van der Waals surface area contributed by atoms with E-state index in [1.807, 2.05) is 47.5 Å². The van der Waals surface area contributed by atoms with Crippen molar-refractivity contribution in [1.29, 1.82) is 0 Å². The highest BCUT2D eigenvalue weighted by molar-refractivity contribution is 7.09. The Labute approximate surface area is 185 Å². The number of amides is 3. The number of hydrogen-bond acceptors (Lipinski definition) is 7. The van der Waals surface area contributed by atoms with Gasteiger partial charge in [0.05, 0.1) is 19.5 Å². The number of aryl methyl sites for hydroxylation is 1.